The molecule has 3 heteroatoms. The number of rotatable bonds is 6. The van der Waals surface area contributed by atoms with Crippen LogP contribution in [0.15, 0.2) is 12.2 Å². The van der Waals surface area contributed by atoms with Gasteiger partial charge in [-0.25, -0.2) is 0 Å². The van der Waals surface area contributed by atoms with E-state index in [9.17, 15) is 0 Å². The van der Waals surface area contributed by atoms with Gasteiger partial charge in [0.2, 0.25) is 0 Å². The fourth-order valence-electron chi connectivity index (χ4n) is 1.44. The summed E-state index contributed by atoms with van der Waals surface area (Å²) in [6.45, 7) is 1.65. The first kappa shape index (κ1) is 12.0. The fraction of sp³-hybridized carbons (Fsp3) is 0.818. The van der Waals surface area contributed by atoms with E-state index in [1.807, 2.05) is 6.08 Å². The van der Waals surface area contributed by atoms with Crippen LogP contribution < -0.4 is 0 Å². The van der Waals surface area contributed by atoms with Crippen LogP contribution in [0.25, 0.3) is 0 Å². The fourth-order valence-corrected chi connectivity index (χ4v) is 1.57. The molecular formula is C11H19ClO2. The normalized spacial score (nSPS) is 23.1. The van der Waals surface area contributed by atoms with E-state index in [0.717, 1.165) is 32.5 Å². The van der Waals surface area contributed by atoms with Gasteiger partial charge in [-0.05, 0) is 32.1 Å². The summed E-state index contributed by atoms with van der Waals surface area (Å²) in [5, 5.41) is 0. The van der Waals surface area contributed by atoms with Gasteiger partial charge in [0, 0.05) is 12.5 Å². The van der Waals surface area contributed by atoms with Gasteiger partial charge in [0.25, 0.3) is 0 Å². The van der Waals surface area contributed by atoms with E-state index in [0.29, 0.717) is 5.88 Å². The first-order valence-corrected chi connectivity index (χ1v) is 5.91. The van der Waals surface area contributed by atoms with Gasteiger partial charge in [-0.15, -0.1) is 11.6 Å². The average Bonchev–Trinajstić information content (AvgIpc) is 2.25. The van der Waals surface area contributed by atoms with Crippen LogP contribution in [0.1, 0.15) is 32.1 Å². The van der Waals surface area contributed by atoms with E-state index >= 15 is 0 Å². The van der Waals surface area contributed by atoms with Gasteiger partial charge < -0.3 is 9.47 Å². The highest BCUT2D eigenvalue weighted by molar-refractivity contribution is 6.18. The van der Waals surface area contributed by atoms with Crippen LogP contribution in [0.3, 0.4) is 0 Å². The summed E-state index contributed by atoms with van der Waals surface area (Å²) in [5.74, 6) is 0.604. The maximum Gasteiger partial charge on any atom is 0.157 e. The minimum atomic E-state index is 0.0563. The lowest BCUT2D eigenvalue weighted by Gasteiger charge is -2.22. The smallest absolute Gasteiger partial charge is 0.157 e. The van der Waals surface area contributed by atoms with Gasteiger partial charge in [-0.1, -0.05) is 12.2 Å². The van der Waals surface area contributed by atoms with Crippen molar-refractivity contribution in [2.75, 3.05) is 19.1 Å². The quantitative estimate of drug-likeness (QED) is 0.388. The SMILES string of the molecule is ClC/C=C\CCCOC1CCCCO1. The number of ether oxygens (including phenoxy) is 2. The van der Waals surface area contributed by atoms with Gasteiger partial charge in [-0.2, -0.15) is 0 Å². The van der Waals surface area contributed by atoms with Crippen molar-refractivity contribution in [1.29, 1.82) is 0 Å². The largest absolute Gasteiger partial charge is 0.353 e. The Morgan fingerprint density at radius 3 is 3.00 bits per heavy atom. The summed E-state index contributed by atoms with van der Waals surface area (Å²) in [5.41, 5.74) is 0. The highest BCUT2D eigenvalue weighted by atomic mass is 35.5. The molecular weight excluding hydrogens is 200 g/mol. The molecule has 0 aliphatic carbocycles. The topological polar surface area (TPSA) is 18.5 Å². The Morgan fingerprint density at radius 2 is 2.29 bits per heavy atom. The standard InChI is InChI=1S/C11H19ClO2/c12-8-4-1-2-5-9-13-11-7-3-6-10-14-11/h1,4,11H,2-3,5-10H2/b4-1-. The Balaban J connectivity index is 1.89. The predicted octanol–water partition coefficient (Wildman–Crippen LogP) is 3.10. The summed E-state index contributed by atoms with van der Waals surface area (Å²) >= 11 is 5.50. The first-order chi connectivity index (χ1) is 6.93. The molecule has 1 saturated heterocycles. The Morgan fingerprint density at radius 1 is 1.36 bits per heavy atom. The number of alkyl halides is 1. The third-order valence-electron chi connectivity index (χ3n) is 2.21. The number of hydrogen-bond acceptors (Lipinski definition) is 2. The molecule has 0 aromatic heterocycles. The second kappa shape index (κ2) is 8.27. The van der Waals surface area contributed by atoms with Crippen molar-refractivity contribution in [3.05, 3.63) is 12.2 Å². The third-order valence-corrected chi connectivity index (χ3v) is 2.39. The van der Waals surface area contributed by atoms with Crippen LogP contribution in [0.2, 0.25) is 0 Å². The number of allylic oxidation sites excluding steroid dienone is 2. The Kier molecular flexibility index (Phi) is 7.10. The van der Waals surface area contributed by atoms with Gasteiger partial charge in [0.1, 0.15) is 0 Å². The second-order valence-electron chi connectivity index (χ2n) is 3.43. The van der Waals surface area contributed by atoms with Gasteiger partial charge in [0.05, 0.1) is 6.61 Å². The van der Waals surface area contributed by atoms with Crippen LogP contribution in [0, 0.1) is 0 Å². The first-order valence-electron chi connectivity index (χ1n) is 5.37. The molecule has 0 bridgehead atoms. The van der Waals surface area contributed by atoms with Crippen LogP contribution in [0.4, 0.5) is 0 Å². The number of halogens is 1. The van der Waals surface area contributed by atoms with E-state index in [1.54, 1.807) is 0 Å². The lowest BCUT2D eigenvalue weighted by atomic mass is 10.2. The van der Waals surface area contributed by atoms with Crippen molar-refractivity contribution in [2.45, 2.75) is 38.4 Å². The van der Waals surface area contributed by atoms with E-state index in [2.05, 4.69) is 6.08 Å². The van der Waals surface area contributed by atoms with Crippen molar-refractivity contribution in [1.82, 2.24) is 0 Å². The van der Waals surface area contributed by atoms with E-state index in [4.69, 9.17) is 21.1 Å². The zero-order chi connectivity index (χ0) is 10.1. The van der Waals surface area contributed by atoms with Crippen molar-refractivity contribution >= 4 is 11.6 Å². The Labute approximate surface area is 91.2 Å². The molecule has 2 nitrogen and oxygen atoms in total. The summed E-state index contributed by atoms with van der Waals surface area (Å²) in [6, 6.07) is 0. The van der Waals surface area contributed by atoms with Gasteiger partial charge >= 0.3 is 0 Å². The molecule has 1 aliphatic heterocycles. The molecule has 1 aliphatic rings. The lowest BCUT2D eigenvalue weighted by molar-refractivity contribution is -0.162. The molecule has 0 radical (unpaired) electrons. The van der Waals surface area contributed by atoms with Crippen LogP contribution >= 0.6 is 11.6 Å². The van der Waals surface area contributed by atoms with Gasteiger partial charge in [-0.3, -0.25) is 0 Å². The third kappa shape index (κ3) is 5.63. The van der Waals surface area contributed by atoms with Crippen molar-refractivity contribution in [3.63, 3.8) is 0 Å². The highest BCUT2D eigenvalue weighted by Crippen LogP contribution is 2.13. The molecule has 0 aromatic carbocycles. The second-order valence-corrected chi connectivity index (χ2v) is 3.74. The van der Waals surface area contributed by atoms with Crippen molar-refractivity contribution < 1.29 is 9.47 Å². The molecule has 1 heterocycles. The molecule has 0 N–H and O–H groups in total. The molecule has 1 unspecified atom stereocenters. The summed E-state index contributed by atoms with van der Waals surface area (Å²) < 4.78 is 11.0. The average molecular weight is 219 g/mol. The lowest BCUT2D eigenvalue weighted by Crippen LogP contribution is -2.22. The Hall–Kier alpha value is -0.0500. The monoisotopic (exact) mass is 218 g/mol. The van der Waals surface area contributed by atoms with E-state index in [1.165, 1.54) is 12.8 Å². The minimum absolute atomic E-state index is 0.0563. The van der Waals surface area contributed by atoms with Crippen molar-refractivity contribution in [3.8, 4) is 0 Å². The van der Waals surface area contributed by atoms with E-state index < -0.39 is 0 Å². The van der Waals surface area contributed by atoms with Crippen LogP contribution in [0.5, 0.6) is 0 Å². The van der Waals surface area contributed by atoms with Crippen LogP contribution in [-0.2, 0) is 9.47 Å². The summed E-state index contributed by atoms with van der Waals surface area (Å²) in [4.78, 5) is 0. The van der Waals surface area contributed by atoms with E-state index in [-0.39, 0.29) is 6.29 Å². The van der Waals surface area contributed by atoms with Crippen molar-refractivity contribution in [2.24, 2.45) is 0 Å². The van der Waals surface area contributed by atoms with Gasteiger partial charge in [0.15, 0.2) is 6.29 Å². The molecule has 0 aromatic rings. The summed E-state index contributed by atoms with van der Waals surface area (Å²) in [6.07, 6.45) is 9.68. The molecule has 1 atom stereocenters. The maximum absolute atomic E-state index is 5.57. The zero-order valence-electron chi connectivity index (χ0n) is 8.58. The molecule has 0 amide bonds. The molecule has 1 fully saturated rings. The maximum atomic E-state index is 5.57. The number of unbranched alkanes of at least 4 members (excludes halogenated alkanes) is 1. The molecule has 14 heavy (non-hydrogen) atoms. The minimum Gasteiger partial charge on any atom is -0.353 e. The predicted molar refractivity (Wildman–Crippen MR) is 58.6 cm³/mol. The summed E-state index contributed by atoms with van der Waals surface area (Å²) in [7, 11) is 0. The Bertz CT molecular complexity index is 153. The molecule has 82 valence electrons. The van der Waals surface area contributed by atoms with Crippen LogP contribution in [-0.4, -0.2) is 25.4 Å². The molecule has 1 rings (SSSR count). The zero-order valence-corrected chi connectivity index (χ0v) is 9.34. The molecule has 0 saturated carbocycles. The molecule has 0 spiro atoms. The number of hydrogen-bond donors (Lipinski definition) is 0. The highest BCUT2D eigenvalue weighted by Gasteiger charge is 2.12.